The number of nitrogens with two attached hydrogens (primary N) is 1. The van der Waals surface area contributed by atoms with Gasteiger partial charge in [-0.05, 0) is 37.4 Å². The molecule has 1 aromatic rings. The molecule has 0 spiro atoms. The predicted octanol–water partition coefficient (Wildman–Crippen LogP) is 1.18. The molecule has 1 amide bonds. The van der Waals surface area contributed by atoms with E-state index in [4.69, 9.17) is 5.73 Å². The van der Waals surface area contributed by atoms with Crippen molar-refractivity contribution in [1.29, 1.82) is 0 Å². The summed E-state index contributed by atoms with van der Waals surface area (Å²) in [6.45, 7) is 0.319. The molecule has 0 radical (unpaired) electrons. The number of nitrogens with one attached hydrogen (secondary N) is 1. The number of halogens is 2. The van der Waals surface area contributed by atoms with Gasteiger partial charge in [0.15, 0.2) is 0 Å². The van der Waals surface area contributed by atoms with Crippen LogP contribution in [-0.4, -0.2) is 49.8 Å². The van der Waals surface area contributed by atoms with Crippen LogP contribution in [-0.2, 0) is 14.8 Å². The monoisotopic (exact) mass is 412 g/mol. The summed E-state index contributed by atoms with van der Waals surface area (Å²) in [7, 11) is -2.32. The van der Waals surface area contributed by atoms with Crippen LogP contribution in [0.4, 0.5) is 0 Å². The van der Waals surface area contributed by atoms with Crippen LogP contribution in [0.15, 0.2) is 29.4 Å². The van der Waals surface area contributed by atoms with Crippen molar-refractivity contribution in [3.8, 4) is 0 Å². The van der Waals surface area contributed by atoms with Crippen LogP contribution < -0.4 is 11.1 Å². The Bertz CT molecular complexity index is 631. The fourth-order valence-corrected chi connectivity index (χ4v) is 3.99. The minimum absolute atomic E-state index is 0. The first-order valence-corrected chi connectivity index (χ1v) is 9.25. The summed E-state index contributed by atoms with van der Waals surface area (Å²) in [6.07, 6.45) is 6.86. The molecule has 0 bridgehead atoms. The van der Waals surface area contributed by atoms with Crippen molar-refractivity contribution in [2.75, 3.05) is 20.1 Å². The van der Waals surface area contributed by atoms with Crippen molar-refractivity contribution in [2.45, 2.75) is 36.6 Å². The lowest BCUT2D eigenvalue weighted by Crippen LogP contribution is -2.48. The molecule has 2 atom stereocenters. The zero-order chi connectivity index (χ0) is 16.9. The molecule has 7 nitrogen and oxygen atoms in total. The highest BCUT2D eigenvalue weighted by Gasteiger charge is 2.28. The number of amides is 1. The number of hydrogen-bond acceptors (Lipinski definition) is 5. The third-order valence-electron chi connectivity index (χ3n) is 4.27. The molecule has 2 unspecified atom stereocenters. The summed E-state index contributed by atoms with van der Waals surface area (Å²) in [5.41, 5.74) is 5.75. The molecule has 144 valence electrons. The molecule has 0 saturated heterocycles. The smallest absolute Gasteiger partial charge is 0.244 e. The van der Waals surface area contributed by atoms with E-state index in [1.165, 1.54) is 25.5 Å². The number of pyridine rings is 1. The van der Waals surface area contributed by atoms with E-state index in [0.717, 1.165) is 30.0 Å². The number of carbonyl (C=O) groups excluding carboxylic acids is 1. The number of hydrogen-bond donors (Lipinski definition) is 2. The van der Waals surface area contributed by atoms with Gasteiger partial charge in [-0.25, -0.2) is 8.42 Å². The third-order valence-corrected chi connectivity index (χ3v) is 6.05. The Balaban J connectivity index is 0.00000288. The molecule has 1 saturated carbocycles. The molecule has 1 aliphatic carbocycles. The summed E-state index contributed by atoms with van der Waals surface area (Å²) in [4.78, 5) is 16.1. The fraction of sp³-hybridized carbons (Fsp3) is 0.600. The lowest BCUT2D eigenvalue weighted by Gasteiger charge is -2.31. The molecule has 0 aliphatic heterocycles. The number of likely N-dealkylation sites (N-methyl/N-ethyl adjacent to an activating group) is 1. The molecule has 0 aromatic carbocycles. The maximum absolute atomic E-state index is 12.4. The number of nitrogens with zero attached hydrogens (tertiary/aromatic N) is 2. The second kappa shape index (κ2) is 10.9. The van der Waals surface area contributed by atoms with Crippen molar-refractivity contribution in [3.05, 3.63) is 24.5 Å². The average Bonchev–Trinajstić information content (AvgIpc) is 2.56. The molecule has 3 N–H and O–H groups in total. The Labute approximate surface area is 161 Å². The Morgan fingerprint density at radius 2 is 2.04 bits per heavy atom. The van der Waals surface area contributed by atoms with E-state index in [0.29, 0.717) is 6.54 Å². The zero-order valence-electron chi connectivity index (χ0n) is 14.1. The van der Waals surface area contributed by atoms with Crippen molar-refractivity contribution >= 4 is 40.7 Å². The minimum Gasteiger partial charge on any atom is -0.352 e. The number of rotatable bonds is 6. The lowest BCUT2D eigenvalue weighted by atomic mass is 9.84. The molecule has 1 fully saturated rings. The van der Waals surface area contributed by atoms with Crippen LogP contribution in [0.5, 0.6) is 0 Å². The Morgan fingerprint density at radius 3 is 2.64 bits per heavy atom. The van der Waals surface area contributed by atoms with Gasteiger partial charge in [0.05, 0.1) is 6.54 Å². The van der Waals surface area contributed by atoms with Crippen LogP contribution in [0.3, 0.4) is 0 Å². The molecule has 2 rings (SSSR count). The van der Waals surface area contributed by atoms with E-state index in [1.54, 1.807) is 6.07 Å². The molecule has 1 aromatic heterocycles. The van der Waals surface area contributed by atoms with Gasteiger partial charge in [-0.2, -0.15) is 4.31 Å². The first kappa shape index (κ1) is 24.1. The van der Waals surface area contributed by atoms with Crippen molar-refractivity contribution in [3.63, 3.8) is 0 Å². The molecule has 25 heavy (non-hydrogen) atoms. The summed E-state index contributed by atoms with van der Waals surface area (Å²) in [6, 6.07) is 3.05. The van der Waals surface area contributed by atoms with Crippen LogP contribution in [0.1, 0.15) is 25.7 Å². The topological polar surface area (TPSA) is 105 Å². The van der Waals surface area contributed by atoms with E-state index in [1.807, 2.05) is 0 Å². The lowest BCUT2D eigenvalue weighted by molar-refractivity contribution is -0.122. The molecule has 1 heterocycles. The standard InChI is InChI=1S/C15H24N4O3S.2ClH/c1-19(23(21,22)13-6-4-8-17-10-13)11-15(20)18-14-7-3-2-5-12(14)9-16;;/h4,6,8,10,12,14H,2-3,5,7,9,11,16H2,1H3,(H,18,20);2*1H. The first-order valence-electron chi connectivity index (χ1n) is 7.81. The van der Waals surface area contributed by atoms with Crippen LogP contribution >= 0.6 is 24.8 Å². The summed E-state index contributed by atoms with van der Waals surface area (Å²) in [5, 5.41) is 2.93. The highest BCUT2D eigenvalue weighted by molar-refractivity contribution is 7.89. The number of sulfonamides is 1. The van der Waals surface area contributed by atoms with Gasteiger partial charge >= 0.3 is 0 Å². The minimum atomic E-state index is -3.71. The summed E-state index contributed by atoms with van der Waals surface area (Å²) >= 11 is 0. The molecular weight excluding hydrogens is 387 g/mol. The summed E-state index contributed by atoms with van der Waals surface area (Å²) in [5.74, 6) is -0.0294. The zero-order valence-corrected chi connectivity index (χ0v) is 16.6. The Kier molecular flexibility index (Phi) is 10.5. The van der Waals surface area contributed by atoms with Gasteiger partial charge in [-0.15, -0.1) is 24.8 Å². The van der Waals surface area contributed by atoms with Crippen LogP contribution in [0.2, 0.25) is 0 Å². The van der Waals surface area contributed by atoms with Gasteiger partial charge in [0.2, 0.25) is 15.9 Å². The fourth-order valence-electron chi connectivity index (χ4n) is 2.90. The van der Waals surface area contributed by atoms with Gasteiger partial charge in [-0.1, -0.05) is 12.8 Å². The average molecular weight is 413 g/mol. The van der Waals surface area contributed by atoms with E-state index in [-0.39, 0.29) is 54.1 Å². The second-order valence-corrected chi connectivity index (χ2v) is 7.95. The summed E-state index contributed by atoms with van der Waals surface area (Å²) < 4.78 is 25.8. The normalized spacial score (nSPS) is 20.3. The van der Waals surface area contributed by atoms with Gasteiger partial charge in [0, 0.05) is 25.5 Å². The van der Waals surface area contributed by atoms with Crippen molar-refractivity contribution in [2.24, 2.45) is 11.7 Å². The SMILES string of the molecule is CN(CC(=O)NC1CCCCC1CN)S(=O)(=O)c1cccnc1.Cl.Cl. The molecule has 10 heteroatoms. The first-order chi connectivity index (χ1) is 10.9. The van der Waals surface area contributed by atoms with Gasteiger partial charge in [-0.3, -0.25) is 9.78 Å². The largest absolute Gasteiger partial charge is 0.352 e. The highest BCUT2D eigenvalue weighted by Crippen LogP contribution is 2.23. The Morgan fingerprint density at radius 1 is 1.36 bits per heavy atom. The van der Waals surface area contributed by atoms with Gasteiger partial charge < -0.3 is 11.1 Å². The number of aromatic nitrogens is 1. The molecule has 1 aliphatic rings. The highest BCUT2D eigenvalue weighted by atomic mass is 35.5. The van der Waals surface area contributed by atoms with E-state index in [9.17, 15) is 13.2 Å². The van der Waals surface area contributed by atoms with Gasteiger partial charge in [0.25, 0.3) is 0 Å². The predicted molar refractivity (Wildman–Crippen MR) is 101 cm³/mol. The third kappa shape index (κ3) is 6.38. The van der Waals surface area contributed by atoms with E-state index >= 15 is 0 Å². The number of carbonyl (C=O) groups is 1. The van der Waals surface area contributed by atoms with E-state index in [2.05, 4.69) is 10.3 Å². The quantitative estimate of drug-likeness (QED) is 0.729. The Hall–Kier alpha value is -0.930. The van der Waals surface area contributed by atoms with E-state index < -0.39 is 10.0 Å². The maximum atomic E-state index is 12.4. The van der Waals surface area contributed by atoms with Crippen LogP contribution in [0, 0.1) is 5.92 Å². The van der Waals surface area contributed by atoms with Gasteiger partial charge in [0.1, 0.15) is 4.90 Å². The second-order valence-electron chi connectivity index (χ2n) is 5.90. The molecular formula is C15H26Cl2N4O3S. The maximum Gasteiger partial charge on any atom is 0.244 e. The van der Waals surface area contributed by atoms with Crippen LogP contribution in [0.25, 0.3) is 0 Å². The van der Waals surface area contributed by atoms with Crippen molar-refractivity contribution < 1.29 is 13.2 Å². The van der Waals surface area contributed by atoms with Crippen molar-refractivity contribution in [1.82, 2.24) is 14.6 Å².